The minimum Gasteiger partial charge on any atom is -0.330 e. The lowest BCUT2D eigenvalue weighted by atomic mass is 10.1. The van der Waals surface area contributed by atoms with E-state index in [1.807, 2.05) is 6.92 Å². The lowest BCUT2D eigenvalue weighted by Crippen LogP contribution is -2.26. The van der Waals surface area contributed by atoms with Crippen LogP contribution in [-0.4, -0.2) is 19.0 Å². The zero-order valence-corrected chi connectivity index (χ0v) is 9.24. The molecule has 0 radical (unpaired) electrons. The van der Waals surface area contributed by atoms with E-state index >= 15 is 0 Å². The van der Waals surface area contributed by atoms with Crippen LogP contribution in [0.4, 0.5) is 10.1 Å². The Morgan fingerprint density at radius 1 is 1.56 bits per heavy atom. The zero-order valence-electron chi connectivity index (χ0n) is 9.24. The average Bonchev–Trinajstić information content (AvgIpc) is 2.63. The van der Waals surface area contributed by atoms with Gasteiger partial charge in [0.25, 0.3) is 0 Å². The van der Waals surface area contributed by atoms with Crippen molar-refractivity contribution in [1.29, 1.82) is 0 Å². The van der Waals surface area contributed by atoms with Crippen molar-refractivity contribution in [2.45, 2.75) is 13.3 Å². The van der Waals surface area contributed by atoms with Gasteiger partial charge >= 0.3 is 0 Å². The Hall–Kier alpha value is -1.42. The van der Waals surface area contributed by atoms with E-state index in [0.29, 0.717) is 25.2 Å². The molecular weight excluding hydrogens is 207 g/mol. The van der Waals surface area contributed by atoms with Gasteiger partial charge in [-0.05, 0) is 37.1 Å². The first-order valence-corrected chi connectivity index (χ1v) is 5.38. The number of anilines is 1. The van der Waals surface area contributed by atoms with Crippen molar-refractivity contribution in [2.24, 2.45) is 11.7 Å². The van der Waals surface area contributed by atoms with Crippen LogP contribution in [0.2, 0.25) is 0 Å². The molecule has 86 valence electrons. The van der Waals surface area contributed by atoms with Gasteiger partial charge in [0, 0.05) is 18.7 Å². The number of halogens is 1. The summed E-state index contributed by atoms with van der Waals surface area (Å²) in [6.07, 6.45) is 0.465. The molecule has 2 N–H and O–H groups in total. The van der Waals surface area contributed by atoms with E-state index in [1.165, 1.54) is 12.1 Å². The van der Waals surface area contributed by atoms with Gasteiger partial charge in [-0.3, -0.25) is 4.79 Å². The van der Waals surface area contributed by atoms with Crippen molar-refractivity contribution in [3.05, 3.63) is 29.6 Å². The van der Waals surface area contributed by atoms with Gasteiger partial charge in [-0.15, -0.1) is 0 Å². The number of carbonyl (C=O) groups is 1. The number of amides is 1. The standard InChI is InChI=1S/C12H15FN2O/c1-8-2-3-10(13)5-11(8)15-7-9(6-14)4-12(15)16/h2-3,5,9H,4,6-7,14H2,1H3. The Morgan fingerprint density at radius 2 is 2.31 bits per heavy atom. The molecule has 0 spiro atoms. The van der Waals surface area contributed by atoms with Crippen molar-refractivity contribution in [2.75, 3.05) is 18.0 Å². The van der Waals surface area contributed by atoms with Gasteiger partial charge in [-0.25, -0.2) is 4.39 Å². The first kappa shape index (κ1) is 11.1. The molecule has 0 aromatic heterocycles. The largest absolute Gasteiger partial charge is 0.330 e. The molecular formula is C12H15FN2O. The molecule has 1 heterocycles. The molecule has 1 amide bonds. The summed E-state index contributed by atoms with van der Waals surface area (Å²) in [7, 11) is 0. The van der Waals surface area contributed by atoms with Gasteiger partial charge < -0.3 is 10.6 Å². The number of benzene rings is 1. The maximum atomic E-state index is 13.1. The van der Waals surface area contributed by atoms with Crippen LogP contribution >= 0.6 is 0 Å². The third kappa shape index (κ3) is 1.93. The van der Waals surface area contributed by atoms with Crippen LogP contribution in [-0.2, 0) is 4.79 Å². The normalized spacial score (nSPS) is 20.6. The quantitative estimate of drug-likeness (QED) is 0.823. The molecule has 1 aliphatic heterocycles. The number of rotatable bonds is 2. The minimum absolute atomic E-state index is 0.0316. The van der Waals surface area contributed by atoms with E-state index < -0.39 is 0 Å². The van der Waals surface area contributed by atoms with Crippen LogP contribution < -0.4 is 10.6 Å². The lowest BCUT2D eigenvalue weighted by molar-refractivity contribution is -0.117. The number of hydrogen-bond acceptors (Lipinski definition) is 2. The summed E-state index contributed by atoms with van der Waals surface area (Å²) >= 11 is 0. The Bertz CT molecular complexity index is 419. The average molecular weight is 222 g/mol. The highest BCUT2D eigenvalue weighted by Gasteiger charge is 2.30. The van der Waals surface area contributed by atoms with Crippen LogP contribution in [0.25, 0.3) is 0 Å². The molecule has 0 bridgehead atoms. The van der Waals surface area contributed by atoms with Crippen molar-refractivity contribution in [1.82, 2.24) is 0 Å². The molecule has 1 saturated heterocycles. The molecule has 1 atom stereocenters. The summed E-state index contributed by atoms with van der Waals surface area (Å²) in [5.41, 5.74) is 7.13. The van der Waals surface area contributed by atoms with Crippen LogP contribution in [0.5, 0.6) is 0 Å². The summed E-state index contributed by atoms with van der Waals surface area (Å²) in [6.45, 7) is 2.97. The van der Waals surface area contributed by atoms with E-state index in [2.05, 4.69) is 0 Å². The van der Waals surface area contributed by atoms with Gasteiger partial charge in [-0.2, -0.15) is 0 Å². The second-order valence-electron chi connectivity index (χ2n) is 4.24. The Balaban J connectivity index is 2.30. The summed E-state index contributed by atoms with van der Waals surface area (Å²) in [4.78, 5) is 13.4. The first-order chi connectivity index (χ1) is 7.61. The van der Waals surface area contributed by atoms with Crippen molar-refractivity contribution < 1.29 is 9.18 Å². The summed E-state index contributed by atoms with van der Waals surface area (Å²) in [5, 5.41) is 0. The molecule has 2 rings (SSSR count). The molecule has 0 aliphatic carbocycles. The first-order valence-electron chi connectivity index (χ1n) is 5.38. The van der Waals surface area contributed by atoms with Gasteiger partial charge in [0.15, 0.2) is 0 Å². The van der Waals surface area contributed by atoms with Crippen LogP contribution in [0.3, 0.4) is 0 Å². The highest BCUT2D eigenvalue weighted by Crippen LogP contribution is 2.27. The Morgan fingerprint density at radius 3 is 2.94 bits per heavy atom. The molecule has 16 heavy (non-hydrogen) atoms. The lowest BCUT2D eigenvalue weighted by Gasteiger charge is -2.19. The number of nitrogens with two attached hydrogens (primary N) is 1. The predicted molar refractivity (Wildman–Crippen MR) is 60.7 cm³/mol. The topological polar surface area (TPSA) is 46.3 Å². The van der Waals surface area contributed by atoms with E-state index in [1.54, 1.807) is 11.0 Å². The molecule has 1 fully saturated rings. The number of aryl methyl sites for hydroxylation is 1. The Labute approximate surface area is 94.0 Å². The second kappa shape index (κ2) is 4.22. The van der Waals surface area contributed by atoms with Crippen molar-refractivity contribution in [3.63, 3.8) is 0 Å². The zero-order chi connectivity index (χ0) is 11.7. The number of carbonyl (C=O) groups excluding carboxylic acids is 1. The van der Waals surface area contributed by atoms with Crippen LogP contribution in [0, 0.1) is 18.7 Å². The molecule has 3 nitrogen and oxygen atoms in total. The smallest absolute Gasteiger partial charge is 0.227 e. The molecule has 0 saturated carbocycles. The van der Waals surface area contributed by atoms with E-state index in [0.717, 1.165) is 5.56 Å². The third-order valence-corrected chi connectivity index (χ3v) is 3.00. The highest BCUT2D eigenvalue weighted by atomic mass is 19.1. The fourth-order valence-electron chi connectivity index (χ4n) is 2.05. The van der Waals surface area contributed by atoms with Gasteiger partial charge in [0.05, 0.1) is 0 Å². The summed E-state index contributed by atoms with van der Waals surface area (Å²) < 4.78 is 13.1. The SMILES string of the molecule is Cc1ccc(F)cc1N1CC(CN)CC1=O. The third-order valence-electron chi connectivity index (χ3n) is 3.00. The maximum absolute atomic E-state index is 13.1. The van der Waals surface area contributed by atoms with Gasteiger partial charge in [0.2, 0.25) is 5.91 Å². The van der Waals surface area contributed by atoms with Crippen LogP contribution in [0.15, 0.2) is 18.2 Å². The second-order valence-corrected chi connectivity index (χ2v) is 4.24. The van der Waals surface area contributed by atoms with E-state index in [9.17, 15) is 9.18 Å². The Kier molecular flexibility index (Phi) is 2.92. The highest BCUT2D eigenvalue weighted by molar-refractivity contribution is 5.96. The number of hydrogen-bond donors (Lipinski definition) is 1. The van der Waals surface area contributed by atoms with Gasteiger partial charge in [0.1, 0.15) is 5.82 Å². The fourth-order valence-corrected chi connectivity index (χ4v) is 2.05. The fraction of sp³-hybridized carbons (Fsp3) is 0.417. The molecule has 1 aliphatic rings. The number of nitrogens with zero attached hydrogens (tertiary/aromatic N) is 1. The van der Waals surface area contributed by atoms with Crippen LogP contribution in [0.1, 0.15) is 12.0 Å². The van der Waals surface area contributed by atoms with Gasteiger partial charge in [-0.1, -0.05) is 6.07 Å². The predicted octanol–water partition coefficient (Wildman–Crippen LogP) is 1.45. The van der Waals surface area contributed by atoms with Crippen molar-refractivity contribution >= 4 is 11.6 Å². The monoisotopic (exact) mass is 222 g/mol. The van der Waals surface area contributed by atoms with E-state index in [4.69, 9.17) is 5.73 Å². The maximum Gasteiger partial charge on any atom is 0.227 e. The minimum atomic E-state index is -0.315. The molecule has 1 aromatic carbocycles. The molecule has 4 heteroatoms. The molecule has 1 unspecified atom stereocenters. The van der Waals surface area contributed by atoms with Crippen molar-refractivity contribution in [3.8, 4) is 0 Å². The summed E-state index contributed by atoms with van der Waals surface area (Å²) in [6, 6.07) is 4.50. The van der Waals surface area contributed by atoms with E-state index in [-0.39, 0.29) is 17.6 Å². The molecule has 1 aromatic rings. The summed E-state index contributed by atoms with van der Waals surface area (Å²) in [5.74, 6) is -0.0936.